The second-order valence-corrected chi connectivity index (χ2v) is 6.31. The van der Waals surface area contributed by atoms with Crippen LogP contribution < -0.4 is 5.32 Å². The molecular weight excluding hydrogens is 333 g/mol. The highest BCUT2D eigenvalue weighted by molar-refractivity contribution is 5.93. The topological polar surface area (TPSA) is 63.0 Å². The summed E-state index contributed by atoms with van der Waals surface area (Å²) in [5.41, 5.74) is 4.18. The monoisotopic (exact) mass is 351 g/mol. The molecule has 1 fully saturated rings. The van der Waals surface area contributed by atoms with Crippen molar-refractivity contribution in [3.63, 3.8) is 0 Å². The second-order valence-electron chi connectivity index (χ2n) is 6.31. The van der Waals surface area contributed by atoms with Crippen molar-refractivity contribution >= 4 is 17.7 Å². The lowest BCUT2D eigenvalue weighted by atomic mass is 9.92. The Morgan fingerprint density at radius 3 is 2.77 bits per heavy atom. The van der Waals surface area contributed by atoms with Crippen LogP contribution in [0.5, 0.6) is 0 Å². The maximum atomic E-state index is 14.0. The molecule has 1 amide bonds. The normalized spacial score (nSPS) is 22.4. The number of benzene rings is 2. The number of carbonyl (C=O) groups excluding carboxylic acids is 1. The molecule has 0 saturated carbocycles. The standard InChI is InChI=1S/C20H18FN3O2/c21-19(20(25)22-15-7-2-1-3-8-15)24-23-18-11-14-10-13-6-4-5-9-16(13)17(14)12-26-18/h1-10,17-19H,11-12H2,(H,22,25). The van der Waals surface area contributed by atoms with Gasteiger partial charge in [0.25, 0.3) is 12.2 Å². The summed E-state index contributed by atoms with van der Waals surface area (Å²) in [5.74, 6) is -0.610. The van der Waals surface area contributed by atoms with Gasteiger partial charge in [0.05, 0.1) is 6.61 Å². The number of para-hydroxylation sites is 1. The van der Waals surface area contributed by atoms with Crippen LogP contribution in [0.2, 0.25) is 0 Å². The Morgan fingerprint density at radius 2 is 1.92 bits per heavy atom. The Balaban J connectivity index is 1.36. The highest BCUT2D eigenvalue weighted by Crippen LogP contribution is 2.42. The Bertz CT molecular complexity index is 866. The Kier molecular flexibility index (Phi) is 4.58. The molecule has 3 atom stereocenters. The van der Waals surface area contributed by atoms with Gasteiger partial charge in [0.15, 0.2) is 6.23 Å². The van der Waals surface area contributed by atoms with Gasteiger partial charge in [-0.3, -0.25) is 4.79 Å². The minimum atomic E-state index is -2.06. The fraction of sp³-hybridized carbons (Fsp3) is 0.250. The first-order valence-electron chi connectivity index (χ1n) is 8.51. The van der Waals surface area contributed by atoms with Gasteiger partial charge in [0.1, 0.15) is 0 Å². The number of halogens is 1. The van der Waals surface area contributed by atoms with Gasteiger partial charge in [-0.1, -0.05) is 54.1 Å². The van der Waals surface area contributed by atoms with Crippen molar-refractivity contribution < 1.29 is 13.9 Å². The second kappa shape index (κ2) is 7.17. The van der Waals surface area contributed by atoms with Crippen LogP contribution in [0.3, 0.4) is 0 Å². The van der Waals surface area contributed by atoms with E-state index >= 15 is 0 Å². The molecule has 6 heteroatoms. The predicted octanol–water partition coefficient (Wildman–Crippen LogP) is 4.30. The minimum absolute atomic E-state index is 0.236. The maximum Gasteiger partial charge on any atom is 0.287 e. The third kappa shape index (κ3) is 3.41. The first kappa shape index (κ1) is 16.6. The van der Waals surface area contributed by atoms with Gasteiger partial charge in [-0.05, 0) is 23.3 Å². The summed E-state index contributed by atoms with van der Waals surface area (Å²) in [6.07, 6.45) is 0.0662. The van der Waals surface area contributed by atoms with Crippen molar-refractivity contribution in [1.29, 1.82) is 0 Å². The van der Waals surface area contributed by atoms with Gasteiger partial charge in [-0.25, -0.2) is 4.39 Å². The van der Waals surface area contributed by atoms with Crippen LogP contribution in [0.15, 0.2) is 70.4 Å². The van der Waals surface area contributed by atoms with Crippen molar-refractivity contribution in [1.82, 2.24) is 0 Å². The Morgan fingerprint density at radius 1 is 1.15 bits per heavy atom. The molecule has 4 rings (SSSR count). The zero-order valence-corrected chi connectivity index (χ0v) is 14.0. The van der Waals surface area contributed by atoms with E-state index in [1.807, 2.05) is 18.2 Å². The number of carbonyl (C=O) groups is 1. The Hall–Kier alpha value is -2.86. The lowest BCUT2D eigenvalue weighted by Crippen LogP contribution is -2.25. The average molecular weight is 351 g/mol. The molecule has 0 bridgehead atoms. The third-order valence-electron chi connectivity index (χ3n) is 4.58. The summed E-state index contributed by atoms with van der Waals surface area (Å²) in [6.45, 7) is 0.486. The van der Waals surface area contributed by atoms with Gasteiger partial charge in [0.2, 0.25) is 0 Å². The zero-order valence-electron chi connectivity index (χ0n) is 14.0. The quantitative estimate of drug-likeness (QED) is 0.659. The summed E-state index contributed by atoms with van der Waals surface area (Å²) >= 11 is 0. The van der Waals surface area contributed by atoms with Crippen molar-refractivity contribution in [2.24, 2.45) is 10.2 Å². The lowest BCUT2D eigenvalue weighted by molar-refractivity contribution is -0.120. The van der Waals surface area contributed by atoms with Gasteiger partial charge < -0.3 is 10.1 Å². The van der Waals surface area contributed by atoms with Crippen LogP contribution in [-0.2, 0) is 9.53 Å². The molecule has 0 spiro atoms. The van der Waals surface area contributed by atoms with E-state index in [2.05, 4.69) is 33.8 Å². The largest absolute Gasteiger partial charge is 0.353 e. The van der Waals surface area contributed by atoms with E-state index < -0.39 is 18.4 Å². The van der Waals surface area contributed by atoms with Crippen molar-refractivity contribution in [3.8, 4) is 0 Å². The number of ether oxygens (including phenoxy) is 1. The molecule has 1 aliphatic heterocycles. The highest BCUT2D eigenvalue weighted by Gasteiger charge is 2.32. The van der Waals surface area contributed by atoms with Crippen molar-refractivity contribution in [2.45, 2.75) is 24.9 Å². The third-order valence-corrected chi connectivity index (χ3v) is 4.58. The summed E-state index contributed by atoms with van der Waals surface area (Å²) < 4.78 is 19.7. The molecule has 5 nitrogen and oxygen atoms in total. The number of hydrogen-bond donors (Lipinski definition) is 1. The van der Waals surface area contributed by atoms with Crippen LogP contribution in [0.1, 0.15) is 23.5 Å². The fourth-order valence-corrected chi connectivity index (χ4v) is 3.31. The number of rotatable bonds is 4. The number of amides is 1. The van der Waals surface area contributed by atoms with E-state index in [1.165, 1.54) is 16.7 Å². The molecule has 132 valence electrons. The predicted molar refractivity (Wildman–Crippen MR) is 96.3 cm³/mol. The SMILES string of the molecule is O=C(Nc1ccccc1)C(F)N=NC1CC2=Cc3ccccc3C2CO1. The Labute approximate surface area is 150 Å². The van der Waals surface area contributed by atoms with Crippen LogP contribution >= 0.6 is 0 Å². The van der Waals surface area contributed by atoms with E-state index in [-0.39, 0.29) is 5.92 Å². The van der Waals surface area contributed by atoms with E-state index in [4.69, 9.17) is 4.74 Å². The van der Waals surface area contributed by atoms with Crippen molar-refractivity contribution in [3.05, 3.63) is 71.3 Å². The summed E-state index contributed by atoms with van der Waals surface area (Å²) in [6, 6.07) is 16.9. The van der Waals surface area contributed by atoms with Gasteiger partial charge in [-0.15, -0.1) is 5.11 Å². The van der Waals surface area contributed by atoms with E-state index in [9.17, 15) is 9.18 Å². The molecule has 2 aromatic carbocycles. The molecule has 2 aromatic rings. The van der Waals surface area contributed by atoms with Gasteiger partial charge in [0, 0.05) is 18.0 Å². The summed E-state index contributed by atoms with van der Waals surface area (Å²) in [5, 5.41) is 9.85. The zero-order chi connectivity index (χ0) is 17.9. The molecule has 0 radical (unpaired) electrons. The smallest absolute Gasteiger partial charge is 0.287 e. The van der Waals surface area contributed by atoms with Crippen LogP contribution in [0.4, 0.5) is 10.1 Å². The number of alkyl halides is 1. The summed E-state index contributed by atoms with van der Waals surface area (Å²) in [7, 11) is 0. The van der Waals surface area contributed by atoms with Gasteiger partial charge in [-0.2, -0.15) is 5.11 Å². The summed E-state index contributed by atoms with van der Waals surface area (Å²) in [4.78, 5) is 11.8. The van der Waals surface area contributed by atoms with E-state index in [0.717, 1.165) is 0 Å². The maximum absolute atomic E-state index is 14.0. The molecular formula is C20H18FN3O2. The lowest BCUT2D eigenvalue weighted by Gasteiger charge is -2.26. The average Bonchev–Trinajstić information content (AvgIpc) is 3.04. The number of fused-ring (bicyclic) bond motifs is 3. The van der Waals surface area contributed by atoms with Crippen LogP contribution in [-0.4, -0.2) is 25.0 Å². The molecule has 3 unspecified atom stereocenters. The number of anilines is 1. The first-order chi connectivity index (χ1) is 12.7. The highest BCUT2D eigenvalue weighted by atomic mass is 19.1. The first-order valence-corrected chi connectivity index (χ1v) is 8.51. The van der Waals surface area contributed by atoms with Crippen molar-refractivity contribution in [2.75, 3.05) is 11.9 Å². The molecule has 0 aromatic heterocycles. The molecule has 1 N–H and O–H groups in total. The minimum Gasteiger partial charge on any atom is -0.353 e. The molecule has 1 heterocycles. The molecule has 1 saturated heterocycles. The molecule has 2 aliphatic rings. The number of hydrogen-bond acceptors (Lipinski definition) is 4. The number of nitrogens with one attached hydrogen (secondary N) is 1. The van der Waals surface area contributed by atoms with E-state index in [0.29, 0.717) is 18.7 Å². The molecule has 1 aliphatic carbocycles. The van der Waals surface area contributed by atoms with Crippen LogP contribution in [0.25, 0.3) is 6.08 Å². The fourth-order valence-electron chi connectivity index (χ4n) is 3.31. The van der Waals surface area contributed by atoms with Gasteiger partial charge >= 0.3 is 0 Å². The van der Waals surface area contributed by atoms with Crippen LogP contribution in [0, 0.1) is 0 Å². The molecule has 26 heavy (non-hydrogen) atoms. The number of azo groups is 1. The number of nitrogens with zero attached hydrogens (tertiary/aromatic N) is 2. The van der Waals surface area contributed by atoms with E-state index in [1.54, 1.807) is 24.3 Å².